The minimum atomic E-state index is -1.66. The van der Waals surface area contributed by atoms with E-state index in [2.05, 4.69) is 6.58 Å². The second kappa shape index (κ2) is 2.94. The molecule has 2 nitrogen and oxygen atoms in total. The number of halogens is 1. The number of hydrogen-bond donors (Lipinski definition) is 2. The van der Waals surface area contributed by atoms with Crippen LogP contribution in [0.5, 0.6) is 0 Å². The van der Waals surface area contributed by atoms with Crippen molar-refractivity contribution in [1.82, 2.24) is 0 Å². The van der Waals surface area contributed by atoms with Gasteiger partial charge in [-0.05, 0) is 6.92 Å². The molecule has 0 fully saturated rings. The van der Waals surface area contributed by atoms with Gasteiger partial charge in [0.2, 0.25) is 0 Å². The maximum atomic E-state index is 12.5. The fourth-order valence-corrected chi connectivity index (χ4v) is 0.561. The van der Waals surface area contributed by atoms with E-state index < -0.39 is 5.79 Å². The number of rotatable bonds is 3. The Morgan fingerprint density at radius 2 is 2.22 bits per heavy atom. The van der Waals surface area contributed by atoms with Crippen LogP contribution in [0.25, 0.3) is 0 Å². The van der Waals surface area contributed by atoms with Crippen LogP contribution in [0.15, 0.2) is 12.2 Å². The topological polar surface area (TPSA) is 52.0 Å². The average Bonchev–Trinajstić information content (AvgIpc) is 1.62. The van der Waals surface area contributed by atoms with E-state index in [0.717, 1.165) is 0 Å². The van der Waals surface area contributed by atoms with Crippen molar-refractivity contribution in [3.05, 3.63) is 12.2 Å². The van der Waals surface area contributed by atoms with Crippen molar-refractivity contribution in [2.45, 2.75) is 19.1 Å². The molecule has 0 aromatic heterocycles. The molecule has 1 atom stereocenters. The summed E-state index contributed by atoms with van der Waals surface area (Å²) in [6.07, 6.45) is 0.142. The molecule has 0 rings (SSSR count). The van der Waals surface area contributed by atoms with Gasteiger partial charge in [0.25, 0.3) is 0 Å². The lowest BCUT2D eigenvalue weighted by atomic mass is 10.1. The number of alkyl halides is 1. The van der Waals surface area contributed by atoms with Crippen molar-refractivity contribution in [3.63, 3.8) is 0 Å². The van der Waals surface area contributed by atoms with Gasteiger partial charge in [-0.25, -0.2) is 4.39 Å². The van der Waals surface area contributed by atoms with Gasteiger partial charge in [0.05, 0.1) is 0 Å². The standard InChI is InChI=1S/C6H13FN2/c1-5(4-8)3-6(2,7)9/h1,3-4,8-9H2,2H3. The lowest BCUT2D eigenvalue weighted by molar-refractivity contribution is 0.199. The van der Waals surface area contributed by atoms with Crippen molar-refractivity contribution in [1.29, 1.82) is 0 Å². The Kier molecular flexibility index (Phi) is 2.81. The van der Waals surface area contributed by atoms with Gasteiger partial charge in [-0.2, -0.15) is 0 Å². The molecule has 0 aliphatic rings. The molecule has 0 aliphatic carbocycles. The van der Waals surface area contributed by atoms with E-state index in [4.69, 9.17) is 11.5 Å². The summed E-state index contributed by atoms with van der Waals surface area (Å²) in [4.78, 5) is 0. The Hall–Kier alpha value is -0.410. The molecule has 0 spiro atoms. The SMILES string of the molecule is C=C(CN)CC(C)(N)F. The fraction of sp³-hybridized carbons (Fsp3) is 0.667. The first-order valence-corrected chi connectivity index (χ1v) is 2.80. The van der Waals surface area contributed by atoms with Crippen LogP contribution >= 0.6 is 0 Å². The molecule has 0 aromatic rings. The lowest BCUT2D eigenvalue weighted by Gasteiger charge is -2.13. The fourth-order valence-electron chi connectivity index (χ4n) is 0.561. The highest BCUT2D eigenvalue weighted by Crippen LogP contribution is 2.11. The predicted octanol–water partition coefficient (Wildman–Crippen LogP) is 0.536. The summed E-state index contributed by atoms with van der Waals surface area (Å²) in [5.74, 6) is -1.66. The molecule has 4 N–H and O–H groups in total. The Bertz CT molecular complexity index is 104. The normalized spacial score (nSPS) is 16.9. The van der Waals surface area contributed by atoms with Crippen LogP contribution < -0.4 is 11.5 Å². The Labute approximate surface area is 54.7 Å². The molecule has 0 bridgehead atoms. The molecule has 0 heterocycles. The van der Waals surface area contributed by atoms with Gasteiger partial charge >= 0.3 is 0 Å². The van der Waals surface area contributed by atoms with E-state index >= 15 is 0 Å². The van der Waals surface area contributed by atoms with Crippen molar-refractivity contribution in [2.75, 3.05) is 6.54 Å². The molecule has 0 saturated heterocycles. The third kappa shape index (κ3) is 5.46. The lowest BCUT2D eigenvalue weighted by Crippen LogP contribution is -2.31. The highest BCUT2D eigenvalue weighted by molar-refractivity contribution is 4.99. The van der Waals surface area contributed by atoms with Gasteiger partial charge in [0, 0.05) is 13.0 Å². The zero-order chi connectivity index (χ0) is 7.49. The zero-order valence-electron chi connectivity index (χ0n) is 5.65. The summed E-state index contributed by atoms with van der Waals surface area (Å²) in [5.41, 5.74) is 10.8. The minimum absolute atomic E-state index is 0.142. The van der Waals surface area contributed by atoms with E-state index in [1.807, 2.05) is 0 Å². The Balaban J connectivity index is 3.60. The van der Waals surface area contributed by atoms with Crippen molar-refractivity contribution < 1.29 is 4.39 Å². The first-order chi connectivity index (χ1) is 3.95. The summed E-state index contributed by atoms with van der Waals surface area (Å²) in [5, 5.41) is 0. The summed E-state index contributed by atoms with van der Waals surface area (Å²) in [7, 11) is 0. The molecular weight excluding hydrogens is 119 g/mol. The first kappa shape index (κ1) is 8.59. The van der Waals surface area contributed by atoms with Crippen LogP contribution in [0.3, 0.4) is 0 Å². The van der Waals surface area contributed by atoms with Gasteiger partial charge in [0.15, 0.2) is 5.79 Å². The van der Waals surface area contributed by atoms with Crippen LogP contribution in [0.4, 0.5) is 4.39 Å². The summed E-state index contributed by atoms with van der Waals surface area (Å²) in [6.45, 7) is 5.12. The predicted molar refractivity (Wildman–Crippen MR) is 36.5 cm³/mol. The number of hydrogen-bond acceptors (Lipinski definition) is 2. The van der Waals surface area contributed by atoms with Crippen LogP contribution in [0, 0.1) is 0 Å². The molecule has 1 unspecified atom stereocenters. The van der Waals surface area contributed by atoms with Crippen molar-refractivity contribution in [2.24, 2.45) is 11.5 Å². The van der Waals surface area contributed by atoms with Crippen LogP contribution in [-0.4, -0.2) is 12.3 Å². The molecular formula is C6H13FN2. The first-order valence-electron chi connectivity index (χ1n) is 2.80. The third-order valence-corrected chi connectivity index (χ3v) is 0.884. The molecule has 54 valence electrons. The minimum Gasteiger partial charge on any atom is -0.327 e. The van der Waals surface area contributed by atoms with E-state index in [1.165, 1.54) is 6.92 Å². The zero-order valence-corrected chi connectivity index (χ0v) is 5.65. The van der Waals surface area contributed by atoms with E-state index in [9.17, 15) is 4.39 Å². The quantitative estimate of drug-likeness (QED) is 0.435. The van der Waals surface area contributed by atoms with Gasteiger partial charge in [0.1, 0.15) is 0 Å². The Morgan fingerprint density at radius 3 is 2.33 bits per heavy atom. The van der Waals surface area contributed by atoms with E-state index in [0.29, 0.717) is 12.1 Å². The average molecular weight is 132 g/mol. The molecule has 0 radical (unpaired) electrons. The van der Waals surface area contributed by atoms with Gasteiger partial charge in [-0.1, -0.05) is 12.2 Å². The molecule has 0 amide bonds. The van der Waals surface area contributed by atoms with Gasteiger partial charge in [-0.15, -0.1) is 0 Å². The van der Waals surface area contributed by atoms with Crippen LogP contribution in [0.1, 0.15) is 13.3 Å². The number of nitrogens with two attached hydrogens (primary N) is 2. The smallest absolute Gasteiger partial charge is 0.160 e. The van der Waals surface area contributed by atoms with E-state index in [-0.39, 0.29) is 6.42 Å². The highest BCUT2D eigenvalue weighted by Gasteiger charge is 2.15. The second-order valence-electron chi connectivity index (χ2n) is 2.41. The summed E-state index contributed by atoms with van der Waals surface area (Å²) < 4.78 is 12.5. The molecule has 9 heavy (non-hydrogen) atoms. The highest BCUT2D eigenvalue weighted by atomic mass is 19.1. The third-order valence-electron chi connectivity index (χ3n) is 0.884. The van der Waals surface area contributed by atoms with Crippen LogP contribution in [-0.2, 0) is 0 Å². The second-order valence-corrected chi connectivity index (χ2v) is 2.41. The van der Waals surface area contributed by atoms with Gasteiger partial charge < -0.3 is 5.73 Å². The maximum Gasteiger partial charge on any atom is 0.160 e. The largest absolute Gasteiger partial charge is 0.327 e. The summed E-state index contributed by atoms with van der Waals surface area (Å²) >= 11 is 0. The molecule has 0 saturated carbocycles. The Morgan fingerprint density at radius 1 is 1.78 bits per heavy atom. The van der Waals surface area contributed by atoms with Crippen molar-refractivity contribution in [3.8, 4) is 0 Å². The monoisotopic (exact) mass is 132 g/mol. The van der Waals surface area contributed by atoms with Gasteiger partial charge in [-0.3, -0.25) is 5.73 Å². The summed E-state index contributed by atoms with van der Waals surface area (Å²) in [6, 6.07) is 0. The molecule has 0 aliphatic heterocycles. The maximum absolute atomic E-state index is 12.5. The van der Waals surface area contributed by atoms with Crippen molar-refractivity contribution >= 4 is 0 Å². The molecule has 0 aromatic carbocycles. The van der Waals surface area contributed by atoms with Crippen LogP contribution in [0.2, 0.25) is 0 Å². The van der Waals surface area contributed by atoms with E-state index in [1.54, 1.807) is 0 Å². The molecule has 3 heteroatoms.